The average Bonchev–Trinajstić information content (AvgIpc) is 2.96. The lowest BCUT2D eigenvalue weighted by Gasteiger charge is -2.05. The van der Waals surface area contributed by atoms with E-state index in [0.717, 1.165) is 10.4 Å². The Bertz CT molecular complexity index is 699. The molecule has 21 heavy (non-hydrogen) atoms. The molecule has 0 saturated heterocycles. The molecule has 2 rings (SSSR count). The van der Waals surface area contributed by atoms with Gasteiger partial charge in [0.15, 0.2) is 5.92 Å². The fourth-order valence-corrected chi connectivity index (χ4v) is 2.75. The van der Waals surface area contributed by atoms with Crippen LogP contribution in [0.25, 0.3) is 10.4 Å². The minimum absolute atomic E-state index is 0.377. The second-order valence-electron chi connectivity index (χ2n) is 4.39. The van der Waals surface area contributed by atoms with E-state index in [0.29, 0.717) is 17.8 Å². The van der Waals surface area contributed by atoms with E-state index < -0.39 is 11.9 Å². The summed E-state index contributed by atoms with van der Waals surface area (Å²) < 4.78 is 0. The van der Waals surface area contributed by atoms with Crippen LogP contribution in [-0.4, -0.2) is 16.8 Å². The number of carboxylic acid groups (broad SMARTS) is 1. The molecule has 0 amide bonds. The lowest BCUT2D eigenvalue weighted by molar-refractivity contribution is -0.137. The topological polar surface area (TPSA) is 73.5 Å². The van der Waals surface area contributed by atoms with Crippen molar-refractivity contribution in [3.63, 3.8) is 0 Å². The van der Waals surface area contributed by atoms with Gasteiger partial charge in [-0.15, -0.1) is 11.3 Å². The maximum atomic E-state index is 11.0. The summed E-state index contributed by atoms with van der Waals surface area (Å²) in [6.07, 6.45) is 0.432. The third-order valence-electron chi connectivity index (χ3n) is 2.99. The van der Waals surface area contributed by atoms with Gasteiger partial charge >= 0.3 is 5.97 Å². The van der Waals surface area contributed by atoms with E-state index in [2.05, 4.69) is 4.99 Å². The standard InChI is InChI=1S/C16H14N2O2S/c1-2-14(13(9-17)16(19)20)18-12-8-15(21-10-12)11-6-4-3-5-7-11/h3-8,10,13H,2H2,1H3,(H,19,20). The van der Waals surface area contributed by atoms with Gasteiger partial charge in [0.2, 0.25) is 0 Å². The molecular formula is C16H14N2O2S. The summed E-state index contributed by atoms with van der Waals surface area (Å²) in [5.41, 5.74) is 2.16. The monoisotopic (exact) mass is 298 g/mol. The highest BCUT2D eigenvalue weighted by molar-refractivity contribution is 7.14. The van der Waals surface area contributed by atoms with E-state index in [4.69, 9.17) is 10.4 Å². The highest BCUT2D eigenvalue weighted by Crippen LogP contribution is 2.31. The first-order chi connectivity index (χ1) is 10.2. The number of carbonyl (C=O) groups is 1. The molecule has 1 heterocycles. The zero-order valence-corrected chi connectivity index (χ0v) is 12.3. The van der Waals surface area contributed by atoms with Gasteiger partial charge in [-0.25, -0.2) is 0 Å². The van der Waals surface area contributed by atoms with Crippen molar-refractivity contribution in [2.24, 2.45) is 10.9 Å². The van der Waals surface area contributed by atoms with E-state index in [-0.39, 0.29) is 0 Å². The maximum Gasteiger partial charge on any atom is 0.326 e. The van der Waals surface area contributed by atoms with E-state index in [1.54, 1.807) is 24.3 Å². The molecule has 0 saturated carbocycles. The van der Waals surface area contributed by atoms with Crippen molar-refractivity contribution in [2.45, 2.75) is 13.3 Å². The quantitative estimate of drug-likeness (QED) is 0.844. The highest BCUT2D eigenvalue weighted by atomic mass is 32.1. The lowest BCUT2D eigenvalue weighted by Crippen LogP contribution is -2.21. The molecule has 0 aliphatic rings. The number of benzene rings is 1. The van der Waals surface area contributed by atoms with E-state index in [9.17, 15) is 4.79 Å². The molecule has 0 fully saturated rings. The Morgan fingerprint density at radius 2 is 2.14 bits per heavy atom. The first-order valence-electron chi connectivity index (χ1n) is 6.49. The van der Waals surface area contributed by atoms with E-state index in [1.807, 2.05) is 41.8 Å². The van der Waals surface area contributed by atoms with Crippen LogP contribution in [0.15, 0.2) is 46.8 Å². The van der Waals surface area contributed by atoms with Gasteiger partial charge in [0, 0.05) is 16.0 Å². The van der Waals surface area contributed by atoms with Crippen LogP contribution in [0.4, 0.5) is 5.69 Å². The Morgan fingerprint density at radius 1 is 1.43 bits per heavy atom. The Kier molecular flexibility index (Phi) is 4.85. The van der Waals surface area contributed by atoms with Crippen molar-refractivity contribution >= 4 is 28.7 Å². The molecule has 1 atom stereocenters. The molecule has 2 aromatic rings. The van der Waals surface area contributed by atoms with Crippen molar-refractivity contribution in [3.8, 4) is 16.5 Å². The SMILES string of the molecule is CCC(=Nc1csc(-c2ccccc2)c1)C(C#N)C(=O)O. The van der Waals surface area contributed by atoms with Gasteiger partial charge in [-0.3, -0.25) is 9.79 Å². The number of aliphatic imine (C=N–C) groups is 1. The Hall–Kier alpha value is -2.45. The molecule has 0 bridgehead atoms. The van der Waals surface area contributed by atoms with Crippen molar-refractivity contribution < 1.29 is 9.90 Å². The second-order valence-corrected chi connectivity index (χ2v) is 5.30. The minimum atomic E-state index is -1.19. The molecule has 4 nitrogen and oxygen atoms in total. The van der Waals surface area contributed by atoms with Crippen LogP contribution in [0.5, 0.6) is 0 Å². The summed E-state index contributed by atoms with van der Waals surface area (Å²) >= 11 is 1.55. The van der Waals surface area contributed by atoms with Gasteiger partial charge in [0.05, 0.1) is 11.8 Å². The van der Waals surface area contributed by atoms with Crippen LogP contribution in [0, 0.1) is 17.2 Å². The molecule has 0 aliphatic carbocycles. The smallest absolute Gasteiger partial charge is 0.326 e. The number of hydrogen-bond donors (Lipinski definition) is 1. The van der Waals surface area contributed by atoms with Crippen LogP contribution in [0.2, 0.25) is 0 Å². The van der Waals surface area contributed by atoms with Gasteiger partial charge in [-0.05, 0) is 18.1 Å². The number of hydrogen-bond acceptors (Lipinski definition) is 4. The van der Waals surface area contributed by atoms with Crippen LogP contribution in [-0.2, 0) is 4.79 Å². The Balaban J connectivity index is 2.31. The lowest BCUT2D eigenvalue weighted by atomic mass is 10.0. The molecule has 106 valence electrons. The second kappa shape index (κ2) is 6.82. The predicted molar refractivity (Wildman–Crippen MR) is 83.9 cm³/mol. The summed E-state index contributed by atoms with van der Waals surface area (Å²) in [7, 11) is 0. The number of aliphatic carboxylic acids is 1. The number of thiophene rings is 1. The summed E-state index contributed by atoms with van der Waals surface area (Å²) in [5.74, 6) is -2.34. The average molecular weight is 298 g/mol. The van der Waals surface area contributed by atoms with Crippen LogP contribution >= 0.6 is 11.3 Å². The molecular weight excluding hydrogens is 284 g/mol. The van der Waals surface area contributed by atoms with Crippen molar-refractivity contribution in [1.82, 2.24) is 0 Å². The molecule has 0 aliphatic heterocycles. The highest BCUT2D eigenvalue weighted by Gasteiger charge is 2.22. The van der Waals surface area contributed by atoms with E-state index >= 15 is 0 Å². The fraction of sp³-hybridized carbons (Fsp3) is 0.188. The Morgan fingerprint density at radius 3 is 2.71 bits per heavy atom. The number of nitriles is 1. The summed E-state index contributed by atoms with van der Waals surface area (Å²) in [5, 5.41) is 19.9. The number of nitrogens with zero attached hydrogens (tertiary/aromatic N) is 2. The van der Waals surface area contributed by atoms with Gasteiger partial charge in [0.25, 0.3) is 0 Å². The van der Waals surface area contributed by atoms with Crippen molar-refractivity contribution in [1.29, 1.82) is 5.26 Å². The number of carboxylic acids is 1. The zero-order chi connectivity index (χ0) is 15.2. The molecule has 1 N–H and O–H groups in total. The third kappa shape index (κ3) is 3.56. The van der Waals surface area contributed by atoms with Gasteiger partial charge in [0.1, 0.15) is 0 Å². The molecule has 1 aromatic heterocycles. The first kappa shape index (κ1) is 14.9. The Labute approximate surface area is 127 Å². The van der Waals surface area contributed by atoms with Crippen LogP contribution in [0.1, 0.15) is 13.3 Å². The normalized spacial score (nSPS) is 12.7. The van der Waals surface area contributed by atoms with Crippen LogP contribution in [0.3, 0.4) is 0 Å². The van der Waals surface area contributed by atoms with Gasteiger partial charge in [-0.1, -0.05) is 37.3 Å². The third-order valence-corrected chi connectivity index (χ3v) is 3.95. The summed E-state index contributed by atoms with van der Waals surface area (Å²) in [6, 6.07) is 13.6. The number of rotatable bonds is 5. The summed E-state index contributed by atoms with van der Waals surface area (Å²) in [4.78, 5) is 16.5. The van der Waals surface area contributed by atoms with Crippen molar-refractivity contribution in [2.75, 3.05) is 0 Å². The maximum absolute atomic E-state index is 11.0. The molecule has 1 aromatic carbocycles. The van der Waals surface area contributed by atoms with Gasteiger partial charge in [-0.2, -0.15) is 5.26 Å². The first-order valence-corrected chi connectivity index (χ1v) is 7.37. The molecule has 1 unspecified atom stereocenters. The largest absolute Gasteiger partial charge is 0.480 e. The molecule has 0 spiro atoms. The fourth-order valence-electron chi connectivity index (χ4n) is 1.92. The van der Waals surface area contributed by atoms with Crippen molar-refractivity contribution in [3.05, 3.63) is 41.8 Å². The molecule has 0 radical (unpaired) electrons. The minimum Gasteiger partial charge on any atom is -0.480 e. The van der Waals surface area contributed by atoms with Crippen LogP contribution < -0.4 is 0 Å². The molecule has 5 heteroatoms. The van der Waals surface area contributed by atoms with Gasteiger partial charge < -0.3 is 5.11 Å². The summed E-state index contributed by atoms with van der Waals surface area (Å²) in [6.45, 7) is 1.80. The zero-order valence-electron chi connectivity index (χ0n) is 11.5. The predicted octanol–water partition coefficient (Wildman–Crippen LogP) is 4.12. The van der Waals surface area contributed by atoms with E-state index in [1.165, 1.54) is 0 Å².